The van der Waals surface area contributed by atoms with Crippen LogP contribution in [-0.4, -0.2) is 63.7 Å². The topological polar surface area (TPSA) is 66.0 Å². The zero-order valence-corrected chi connectivity index (χ0v) is 18.2. The molecule has 2 N–H and O–H groups in total. The summed E-state index contributed by atoms with van der Waals surface area (Å²) in [5, 5.41) is 7.53. The molecule has 0 radical (unpaired) electrons. The van der Waals surface area contributed by atoms with Gasteiger partial charge in [0, 0.05) is 44.7 Å². The molecular formula is C21H33ClN4O2. The zero-order valence-electron chi connectivity index (χ0n) is 17.4. The van der Waals surface area contributed by atoms with Gasteiger partial charge in [-0.1, -0.05) is 37.6 Å². The van der Waals surface area contributed by atoms with Crippen molar-refractivity contribution < 1.29 is 9.53 Å². The molecule has 156 valence electrons. The van der Waals surface area contributed by atoms with Crippen LogP contribution in [0.3, 0.4) is 0 Å². The Balaban J connectivity index is 1.94. The van der Waals surface area contributed by atoms with Gasteiger partial charge in [-0.3, -0.25) is 4.79 Å². The monoisotopic (exact) mass is 408 g/mol. The molecule has 0 aromatic heterocycles. The van der Waals surface area contributed by atoms with E-state index in [1.54, 1.807) is 19.0 Å². The summed E-state index contributed by atoms with van der Waals surface area (Å²) < 4.78 is 5.44. The van der Waals surface area contributed by atoms with Crippen molar-refractivity contribution in [3.63, 3.8) is 0 Å². The highest BCUT2D eigenvalue weighted by Gasteiger charge is 2.21. The number of hydrogen-bond donors (Lipinski definition) is 2. The fourth-order valence-corrected chi connectivity index (χ4v) is 3.25. The maximum absolute atomic E-state index is 11.9. The molecule has 1 atom stereocenters. The number of halogens is 1. The van der Waals surface area contributed by atoms with Crippen LogP contribution < -0.4 is 10.6 Å². The van der Waals surface area contributed by atoms with Gasteiger partial charge in [0.15, 0.2) is 5.96 Å². The number of carbonyl (C=O) groups is 1. The number of amides is 1. The lowest BCUT2D eigenvalue weighted by Crippen LogP contribution is -2.44. The Morgan fingerprint density at radius 2 is 2.14 bits per heavy atom. The van der Waals surface area contributed by atoms with E-state index in [9.17, 15) is 4.79 Å². The maximum atomic E-state index is 11.9. The lowest BCUT2D eigenvalue weighted by Gasteiger charge is -2.27. The second-order valence-corrected chi connectivity index (χ2v) is 8.82. The summed E-state index contributed by atoms with van der Waals surface area (Å²) in [7, 11) is 3.48. The van der Waals surface area contributed by atoms with Crippen LogP contribution in [0.1, 0.15) is 25.8 Å². The SMILES string of the molecule is CN(C)C(=O)CN=C(NCC1CCOC1)NCC(C)(C)Cc1cccc(Cl)c1. The van der Waals surface area contributed by atoms with Gasteiger partial charge in [0.05, 0.1) is 6.61 Å². The molecule has 2 rings (SSSR count). The molecule has 1 saturated heterocycles. The van der Waals surface area contributed by atoms with Crippen molar-refractivity contribution >= 4 is 23.5 Å². The Morgan fingerprint density at radius 3 is 2.79 bits per heavy atom. The van der Waals surface area contributed by atoms with Gasteiger partial charge in [-0.2, -0.15) is 0 Å². The van der Waals surface area contributed by atoms with E-state index in [2.05, 4.69) is 35.5 Å². The summed E-state index contributed by atoms with van der Waals surface area (Å²) in [5.41, 5.74) is 1.20. The number of carbonyl (C=O) groups excluding carboxylic acids is 1. The maximum Gasteiger partial charge on any atom is 0.243 e. The van der Waals surface area contributed by atoms with Gasteiger partial charge in [0.2, 0.25) is 5.91 Å². The molecule has 1 unspecified atom stereocenters. The molecule has 1 amide bonds. The Morgan fingerprint density at radius 1 is 1.36 bits per heavy atom. The van der Waals surface area contributed by atoms with Gasteiger partial charge in [-0.15, -0.1) is 0 Å². The molecule has 1 aromatic rings. The first-order valence-corrected chi connectivity index (χ1v) is 10.2. The van der Waals surface area contributed by atoms with Gasteiger partial charge in [0.25, 0.3) is 0 Å². The van der Waals surface area contributed by atoms with Gasteiger partial charge >= 0.3 is 0 Å². The van der Waals surface area contributed by atoms with Crippen molar-refractivity contribution in [3.05, 3.63) is 34.9 Å². The Labute approximate surface area is 173 Å². The van der Waals surface area contributed by atoms with Gasteiger partial charge < -0.3 is 20.3 Å². The number of aliphatic imine (C=N–C) groups is 1. The van der Waals surface area contributed by atoms with Crippen LogP contribution in [0.2, 0.25) is 5.02 Å². The first-order valence-electron chi connectivity index (χ1n) is 9.80. The van der Waals surface area contributed by atoms with E-state index < -0.39 is 0 Å². The minimum absolute atomic E-state index is 0.00480. The van der Waals surface area contributed by atoms with Crippen molar-refractivity contribution in [1.29, 1.82) is 0 Å². The first kappa shape index (κ1) is 22.5. The quantitative estimate of drug-likeness (QED) is 0.512. The average molecular weight is 409 g/mol. The fraction of sp³-hybridized carbons (Fsp3) is 0.619. The Hall–Kier alpha value is -1.79. The summed E-state index contributed by atoms with van der Waals surface area (Å²) in [4.78, 5) is 17.9. The number of hydrogen-bond acceptors (Lipinski definition) is 3. The molecule has 6 nitrogen and oxygen atoms in total. The highest BCUT2D eigenvalue weighted by Crippen LogP contribution is 2.22. The second kappa shape index (κ2) is 10.7. The Bertz CT molecular complexity index is 670. The molecule has 0 aliphatic carbocycles. The molecule has 0 spiro atoms. The molecular weight excluding hydrogens is 376 g/mol. The highest BCUT2D eigenvalue weighted by molar-refractivity contribution is 6.30. The average Bonchev–Trinajstić information content (AvgIpc) is 3.13. The lowest BCUT2D eigenvalue weighted by molar-refractivity contribution is -0.127. The minimum atomic E-state index is -0.0245. The van der Waals surface area contributed by atoms with Crippen molar-refractivity contribution in [2.45, 2.75) is 26.7 Å². The lowest BCUT2D eigenvalue weighted by atomic mass is 9.86. The molecule has 1 aromatic carbocycles. The molecule has 7 heteroatoms. The van der Waals surface area contributed by atoms with Gasteiger partial charge in [-0.05, 0) is 36.0 Å². The Kier molecular flexibility index (Phi) is 8.58. The normalized spacial score (nSPS) is 17.5. The summed E-state index contributed by atoms with van der Waals surface area (Å²) in [6.45, 7) is 7.63. The largest absolute Gasteiger partial charge is 0.381 e. The first-order chi connectivity index (χ1) is 13.2. The van der Waals surface area contributed by atoms with E-state index >= 15 is 0 Å². The standard InChI is InChI=1S/C21H33ClN4O2/c1-21(2,11-16-6-5-7-18(22)10-16)15-25-20(24-13-19(27)26(3)4)23-12-17-8-9-28-14-17/h5-7,10,17H,8-9,11-15H2,1-4H3,(H2,23,24,25). The van der Waals surface area contributed by atoms with E-state index in [1.165, 1.54) is 5.56 Å². The van der Waals surface area contributed by atoms with Crippen LogP contribution in [0.15, 0.2) is 29.3 Å². The predicted octanol–water partition coefficient (Wildman–Crippen LogP) is 2.57. The molecule has 1 aliphatic rings. The van der Waals surface area contributed by atoms with E-state index in [-0.39, 0.29) is 17.9 Å². The third-order valence-corrected chi connectivity index (χ3v) is 4.99. The second-order valence-electron chi connectivity index (χ2n) is 8.39. The van der Waals surface area contributed by atoms with Crippen LogP contribution in [-0.2, 0) is 16.0 Å². The van der Waals surface area contributed by atoms with Crippen LogP contribution >= 0.6 is 11.6 Å². The molecule has 1 fully saturated rings. The minimum Gasteiger partial charge on any atom is -0.381 e. The number of nitrogens with zero attached hydrogens (tertiary/aromatic N) is 2. The predicted molar refractivity (Wildman–Crippen MR) is 115 cm³/mol. The van der Waals surface area contributed by atoms with E-state index in [0.717, 1.165) is 44.2 Å². The van der Waals surface area contributed by atoms with Gasteiger partial charge in [0.1, 0.15) is 6.54 Å². The van der Waals surface area contributed by atoms with Crippen LogP contribution in [0.25, 0.3) is 0 Å². The van der Waals surface area contributed by atoms with E-state index in [0.29, 0.717) is 11.9 Å². The van der Waals surface area contributed by atoms with Crippen molar-refractivity contribution in [1.82, 2.24) is 15.5 Å². The van der Waals surface area contributed by atoms with Crippen molar-refractivity contribution in [3.8, 4) is 0 Å². The summed E-state index contributed by atoms with van der Waals surface area (Å²) in [6, 6.07) is 7.97. The highest BCUT2D eigenvalue weighted by atomic mass is 35.5. The fourth-order valence-electron chi connectivity index (χ4n) is 3.03. The number of benzene rings is 1. The van der Waals surface area contributed by atoms with E-state index in [1.807, 2.05) is 18.2 Å². The third kappa shape index (κ3) is 8.07. The number of likely N-dealkylation sites (N-methyl/N-ethyl adjacent to an activating group) is 1. The smallest absolute Gasteiger partial charge is 0.243 e. The molecule has 1 heterocycles. The molecule has 1 aliphatic heterocycles. The number of ether oxygens (including phenoxy) is 1. The summed E-state index contributed by atoms with van der Waals surface area (Å²) >= 11 is 6.11. The van der Waals surface area contributed by atoms with Crippen molar-refractivity contribution in [2.24, 2.45) is 16.3 Å². The van der Waals surface area contributed by atoms with Crippen LogP contribution in [0.5, 0.6) is 0 Å². The van der Waals surface area contributed by atoms with Crippen LogP contribution in [0.4, 0.5) is 0 Å². The number of nitrogens with one attached hydrogen (secondary N) is 2. The van der Waals surface area contributed by atoms with Gasteiger partial charge in [-0.25, -0.2) is 4.99 Å². The summed E-state index contributed by atoms with van der Waals surface area (Å²) in [5.74, 6) is 1.13. The molecule has 0 bridgehead atoms. The molecule has 28 heavy (non-hydrogen) atoms. The number of rotatable bonds is 8. The molecule has 0 saturated carbocycles. The van der Waals surface area contributed by atoms with E-state index in [4.69, 9.17) is 16.3 Å². The number of guanidine groups is 1. The third-order valence-electron chi connectivity index (χ3n) is 4.76. The summed E-state index contributed by atoms with van der Waals surface area (Å²) in [6.07, 6.45) is 1.94. The zero-order chi connectivity index (χ0) is 20.6. The van der Waals surface area contributed by atoms with Crippen LogP contribution in [0, 0.1) is 11.3 Å². The van der Waals surface area contributed by atoms with Crippen molar-refractivity contribution in [2.75, 3.05) is 46.9 Å².